The molecule has 0 rings (SSSR count). The van der Waals surface area contributed by atoms with Crippen molar-refractivity contribution >= 4 is 21.6 Å². The maximum atomic E-state index is 2.35. The molecule has 0 aromatic heterocycles. The fourth-order valence-electron chi connectivity index (χ4n) is 2.04. The van der Waals surface area contributed by atoms with Gasteiger partial charge < -0.3 is 0 Å². The summed E-state index contributed by atoms with van der Waals surface area (Å²) in [4.78, 5) is 0. The lowest BCUT2D eigenvalue weighted by Gasteiger charge is -2.18. The molecule has 0 aliphatic rings. The zero-order valence-corrected chi connectivity index (χ0v) is 14.7. The molecule has 2 heteroatoms. The largest absolute Gasteiger partial charge is 0.0905 e. The highest BCUT2D eigenvalue weighted by molar-refractivity contribution is 8.77. The summed E-state index contributed by atoms with van der Waals surface area (Å²) in [7, 11) is 4.36. The average molecular weight is 291 g/mol. The lowest BCUT2D eigenvalue weighted by Crippen LogP contribution is -2.03. The summed E-state index contributed by atoms with van der Waals surface area (Å²) in [5, 5.41) is 1.78. The summed E-state index contributed by atoms with van der Waals surface area (Å²) in [5.41, 5.74) is 0. The van der Waals surface area contributed by atoms with Gasteiger partial charge in [-0.15, -0.1) is 0 Å². The van der Waals surface area contributed by atoms with Crippen LogP contribution in [0.1, 0.15) is 91.9 Å². The summed E-state index contributed by atoms with van der Waals surface area (Å²) < 4.78 is 0. The van der Waals surface area contributed by atoms with Crippen molar-refractivity contribution in [3.05, 3.63) is 0 Å². The van der Waals surface area contributed by atoms with E-state index in [-0.39, 0.29) is 0 Å². The molecule has 0 aliphatic heterocycles. The number of hydrogen-bond donors (Lipinski definition) is 0. The first kappa shape index (κ1) is 18.7. The minimum absolute atomic E-state index is 0.891. The molecule has 18 heavy (non-hydrogen) atoms. The molecule has 0 radical (unpaired) electrons. The van der Waals surface area contributed by atoms with E-state index in [1.54, 1.807) is 0 Å². The third-order valence-electron chi connectivity index (χ3n) is 3.50. The van der Waals surface area contributed by atoms with E-state index < -0.39 is 0 Å². The Balaban J connectivity index is 3.70. The van der Waals surface area contributed by atoms with Crippen molar-refractivity contribution in [2.24, 2.45) is 0 Å². The summed E-state index contributed by atoms with van der Waals surface area (Å²) in [5.74, 6) is 0. The quantitative estimate of drug-likeness (QED) is 0.262. The van der Waals surface area contributed by atoms with Crippen LogP contribution in [-0.2, 0) is 0 Å². The van der Waals surface area contributed by atoms with E-state index >= 15 is 0 Å². The third kappa shape index (κ3) is 10.6. The van der Waals surface area contributed by atoms with E-state index in [1.165, 1.54) is 64.2 Å². The zero-order valence-electron chi connectivity index (χ0n) is 13.0. The van der Waals surface area contributed by atoms with Gasteiger partial charge in [-0.3, -0.25) is 0 Å². The molecule has 0 spiro atoms. The molecule has 0 aliphatic carbocycles. The normalized spacial score (nSPS) is 14.7. The van der Waals surface area contributed by atoms with E-state index in [2.05, 4.69) is 49.3 Å². The Morgan fingerprint density at radius 3 is 1.28 bits per heavy atom. The van der Waals surface area contributed by atoms with E-state index in [0.29, 0.717) is 0 Å². The van der Waals surface area contributed by atoms with Crippen molar-refractivity contribution in [1.29, 1.82) is 0 Å². The third-order valence-corrected chi connectivity index (χ3v) is 7.26. The Hall–Kier alpha value is 0.700. The van der Waals surface area contributed by atoms with Crippen molar-refractivity contribution < 1.29 is 0 Å². The molecule has 2 unspecified atom stereocenters. The Morgan fingerprint density at radius 1 is 0.611 bits per heavy atom. The maximum Gasteiger partial charge on any atom is 0.0149 e. The van der Waals surface area contributed by atoms with Gasteiger partial charge in [-0.25, -0.2) is 0 Å². The molecule has 0 N–H and O–H groups in total. The first-order valence-electron chi connectivity index (χ1n) is 8.10. The van der Waals surface area contributed by atoms with Gasteiger partial charge in [0.2, 0.25) is 0 Å². The SMILES string of the molecule is CCCCCC(CC)SSC(CC)CCCCC. The van der Waals surface area contributed by atoms with Crippen molar-refractivity contribution in [2.45, 2.75) is 102 Å². The van der Waals surface area contributed by atoms with Gasteiger partial charge in [0.05, 0.1) is 0 Å². The Morgan fingerprint density at radius 2 is 1.00 bits per heavy atom. The topological polar surface area (TPSA) is 0 Å². The van der Waals surface area contributed by atoms with E-state index in [1.807, 2.05) is 0 Å². The van der Waals surface area contributed by atoms with Crippen LogP contribution in [0, 0.1) is 0 Å². The van der Waals surface area contributed by atoms with Crippen LogP contribution in [0.15, 0.2) is 0 Å². The molecule has 0 nitrogen and oxygen atoms in total. The van der Waals surface area contributed by atoms with Gasteiger partial charge in [-0.1, -0.05) is 87.8 Å². The average Bonchev–Trinajstić information content (AvgIpc) is 2.40. The Kier molecular flexibility index (Phi) is 14.7. The molecule has 0 heterocycles. The van der Waals surface area contributed by atoms with Gasteiger partial charge in [0.15, 0.2) is 0 Å². The number of unbranched alkanes of at least 4 members (excludes halogenated alkanes) is 4. The highest BCUT2D eigenvalue weighted by atomic mass is 33.1. The molecule has 0 aromatic rings. The fourth-order valence-corrected chi connectivity index (χ4v) is 5.49. The Bertz CT molecular complexity index is 141. The van der Waals surface area contributed by atoms with Crippen molar-refractivity contribution in [2.75, 3.05) is 0 Å². The Labute approximate surface area is 124 Å². The lowest BCUT2D eigenvalue weighted by atomic mass is 10.1. The molecule has 0 saturated carbocycles. The van der Waals surface area contributed by atoms with Crippen LogP contribution in [0.4, 0.5) is 0 Å². The van der Waals surface area contributed by atoms with Gasteiger partial charge in [0.1, 0.15) is 0 Å². The standard InChI is InChI=1S/C16H34S2/c1-5-9-11-13-15(7-3)17-18-16(8-4)14-12-10-6-2/h15-16H,5-14H2,1-4H3. The molecular weight excluding hydrogens is 256 g/mol. The second-order valence-electron chi connectivity index (χ2n) is 5.24. The van der Waals surface area contributed by atoms with Crippen LogP contribution >= 0.6 is 21.6 Å². The molecule has 0 bridgehead atoms. The summed E-state index contributed by atoms with van der Waals surface area (Å²) in [6, 6.07) is 0. The molecule has 0 aromatic carbocycles. The first-order valence-corrected chi connectivity index (χ1v) is 10.4. The summed E-state index contributed by atoms with van der Waals surface area (Å²) in [6.45, 7) is 9.29. The number of rotatable bonds is 13. The van der Waals surface area contributed by atoms with Crippen LogP contribution in [0.2, 0.25) is 0 Å². The number of hydrogen-bond acceptors (Lipinski definition) is 2. The van der Waals surface area contributed by atoms with Gasteiger partial charge in [0, 0.05) is 10.5 Å². The van der Waals surface area contributed by atoms with Crippen LogP contribution in [0.25, 0.3) is 0 Å². The molecule has 0 fully saturated rings. The van der Waals surface area contributed by atoms with Crippen LogP contribution in [0.3, 0.4) is 0 Å². The van der Waals surface area contributed by atoms with Crippen molar-refractivity contribution in [3.8, 4) is 0 Å². The van der Waals surface area contributed by atoms with Gasteiger partial charge in [0.25, 0.3) is 0 Å². The van der Waals surface area contributed by atoms with Gasteiger partial charge >= 0.3 is 0 Å². The molecule has 0 amide bonds. The second kappa shape index (κ2) is 14.1. The lowest BCUT2D eigenvalue weighted by molar-refractivity contribution is 0.634. The van der Waals surface area contributed by atoms with E-state index in [9.17, 15) is 0 Å². The first-order chi connectivity index (χ1) is 8.78. The van der Waals surface area contributed by atoms with Crippen molar-refractivity contribution in [3.63, 3.8) is 0 Å². The highest BCUT2D eigenvalue weighted by Gasteiger charge is 2.12. The van der Waals surface area contributed by atoms with Crippen LogP contribution in [-0.4, -0.2) is 10.5 Å². The minimum atomic E-state index is 0.891. The monoisotopic (exact) mass is 290 g/mol. The van der Waals surface area contributed by atoms with Crippen LogP contribution in [0.5, 0.6) is 0 Å². The van der Waals surface area contributed by atoms with Gasteiger partial charge in [-0.05, 0) is 25.7 Å². The molecule has 110 valence electrons. The van der Waals surface area contributed by atoms with E-state index in [0.717, 1.165) is 10.5 Å². The highest BCUT2D eigenvalue weighted by Crippen LogP contribution is 2.38. The van der Waals surface area contributed by atoms with Gasteiger partial charge in [-0.2, -0.15) is 0 Å². The smallest absolute Gasteiger partial charge is 0.0149 e. The molecule has 0 saturated heterocycles. The second-order valence-corrected chi connectivity index (χ2v) is 8.12. The molecule has 2 atom stereocenters. The summed E-state index contributed by atoms with van der Waals surface area (Å²) in [6.07, 6.45) is 13.9. The molecular formula is C16H34S2. The zero-order chi connectivity index (χ0) is 13.6. The maximum absolute atomic E-state index is 2.35. The fraction of sp³-hybridized carbons (Fsp3) is 1.00. The predicted molar refractivity (Wildman–Crippen MR) is 91.6 cm³/mol. The van der Waals surface area contributed by atoms with Crippen LogP contribution < -0.4 is 0 Å². The van der Waals surface area contributed by atoms with E-state index in [4.69, 9.17) is 0 Å². The summed E-state index contributed by atoms with van der Waals surface area (Å²) >= 11 is 0. The predicted octanol–water partition coefficient (Wildman–Crippen LogP) is 7.09. The van der Waals surface area contributed by atoms with Crippen molar-refractivity contribution in [1.82, 2.24) is 0 Å². The minimum Gasteiger partial charge on any atom is -0.0905 e.